The predicted octanol–water partition coefficient (Wildman–Crippen LogP) is 3.38. The van der Waals surface area contributed by atoms with Crippen LogP contribution in [0, 0.1) is 5.82 Å². The van der Waals surface area contributed by atoms with Crippen molar-refractivity contribution in [3.05, 3.63) is 71.5 Å². The maximum Gasteiger partial charge on any atom is 0.123 e. The minimum Gasteiger partial charge on any atom is -0.389 e. The van der Waals surface area contributed by atoms with Crippen molar-refractivity contribution < 1.29 is 19.0 Å². The Balaban J connectivity index is 1.50. The molecule has 2 aromatic carbocycles. The highest BCUT2D eigenvalue weighted by atomic mass is 19.1. The Morgan fingerprint density at radius 3 is 2.59 bits per heavy atom. The van der Waals surface area contributed by atoms with E-state index in [-0.39, 0.29) is 18.5 Å². The summed E-state index contributed by atoms with van der Waals surface area (Å²) in [5.41, 5.74) is 2.11. The van der Waals surface area contributed by atoms with Crippen molar-refractivity contribution in [2.75, 3.05) is 26.3 Å². The summed E-state index contributed by atoms with van der Waals surface area (Å²) in [5, 5.41) is 10.4. The summed E-state index contributed by atoms with van der Waals surface area (Å²) in [7, 11) is 0. The fourth-order valence-corrected chi connectivity index (χ4v) is 3.37. The summed E-state index contributed by atoms with van der Waals surface area (Å²) in [5.74, 6) is -0.237. The van der Waals surface area contributed by atoms with Crippen molar-refractivity contribution in [3.63, 3.8) is 0 Å². The molecule has 1 aliphatic rings. The van der Waals surface area contributed by atoms with Gasteiger partial charge in [0.05, 0.1) is 25.4 Å². The molecule has 0 aromatic heterocycles. The van der Waals surface area contributed by atoms with Crippen LogP contribution in [-0.2, 0) is 22.6 Å². The quantitative estimate of drug-likeness (QED) is 0.693. The molecule has 0 saturated carbocycles. The number of ether oxygens (including phenoxy) is 2. The normalized spacial score (nSPS) is 18.1. The lowest BCUT2D eigenvalue weighted by molar-refractivity contribution is -0.00287. The zero-order valence-electron chi connectivity index (χ0n) is 15.6. The minimum absolute atomic E-state index is 0.197. The lowest BCUT2D eigenvalue weighted by atomic mass is 10.1. The molecule has 146 valence electrons. The van der Waals surface area contributed by atoms with E-state index in [1.54, 1.807) is 12.1 Å². The van der Waals surface area contributed by atoms with Gasteiger partial charge in [0.25, 0.3) is 0 Å². The molecule has 4 nitrogen and oxygen atoms in total. The molecule has 0 spiro atoms. The first-order valence-corrected chi connectivity index (χ1v) is 9.57. The second-order valence-corrected chi connectivity index (χ2v) is 7.11. The van der Waals surface area contributed by atoms with Crippen molar-refractivity contribution in [2.45, 2.75) is 38.2 Å². The van der Waals surface area contributed by atoms with Crippen LogP contribution < -0.4 is 0 Å². The van der Waals surface area contributed by atoms with Crippen LogP contribution in [-0.4, -0.2) is 48.5 Å². The first kappa shape index (κ1) is 20.0. The van der Waals surface area contributed by atoms with Crippen LogP contribution in [0.25, 0.3) is 0 Å². The van der Waals surface area contributed by atoms with Crippen LogP contribution in [0.5, 0.6) is 0 Å². The predicted molar refractivity (Wildman–Crippen MR) is 103 cm³/mol. The molecule has 27 heavy (non-hydrogen) atoms. The zero-order chi connectivity index (χ0) is 18.9. The van der Waals surface area contributed by atoms with Crippen LogP contribution in [0.1, 0.15) is 24.0 Å². The zero-order valence-corrected chi connectivity index (χ0v) is 15.6. The molecule has 0 bridgehead atoms. The highest BCUT2D eigenvalue weighted by Crippen LogP contribution is 2.16. The summed E-state index contributed by atoms with van der Waals surface area (Å²) in [6, 6.07) is 16.4. The summed E-state index contributed by atoms with van der Waals surface area (Å²) in [6.45, 7) is 3.47. The SMILES string of the molecule is O[C@H](COCc1ccccc1)CN(Cc1ccc(F)cc1)C[C@@H]1CCCO1. The standard InChI is InChI=1S/C22H28FNO3/c23-20-10-8-18(9-11-20)13-24(15-22-7-4-12-27-22)14-21(25)17-26-16-19-5-2-1-3-6-19/h1-3,5-6,8-11,21-22,25H,4,7,12-17H2/t21-,22-/m0/s1. The summed E-state index contributed by atoms with van der Waals surface area (Å²) < 4.78 is 24.6. The number of aliphatic hydroxyl groups excluding tert-OH is 1. The van der Waals surface area contributed by atoms with E-state index in [0.717, 1.165) is 37.1 Å². The number of halogens is 1. The molecule has 1 saturated heterocycles. The van der Waals surface area contributed by atoms with Gasteiger partial charge in [-0.05, 0) is 36.1 Å². The monoisotopic (exact) mass is 373 g/mol. The van der Waals surface area contributed by atoms with Gasteiger partial charge in [0.2, 0.25) is 0 Å². The van der Waals surface area contributed by atoms with Gasteiger partial charge < -0.3 is 14.6 Å². The molecule has 0 amide bonds. The molecular weight excluding hydrogens is 345 g/mol. The van der Waals surface area contributed by atoms with Gasteiger partial charge >= 0.3 is 0 Å². The molecule has 2 atom stereocenters. The Labute approximate surface area is 160 Å². The van der Waals surface area contributed by atoms with Crippen LogP contribution in [0.15, 0.2) is 54.6 Å². The summed E-state index contributed by atoms with van der Waals surface area (Å²) in [4.78, 5) is 2.17. The van der Waals surface area contributed by atoms with Crippen molar-refractivity contribution in [2.24, 2.45) is 0 Å². The van der Waals surface area contributed by atoms with E-state index in [1.807, 2.05) is 30.3 Å². The second-order valence-electron chi connectivity index (χ2n) is 7.11. The van der Waals surface area contributed by atoms with Gasteiger partial charge in [-0.3, -0.25) is 4.90 Å². The van der Waals surface area contributed by atoms with E-state index >= 15 is 0 Å². The Morgan fingerprint density at radius 2 is 1.89 bits per heavy atom. The van der Waals surface area contributed by atoms with E-state index in [2.05, 4.69) is 4.90 Å². The number of hydrogen-bond acceptors (Lipinski definition) is 4. The smallest absolute Gasteiger partial charge is 0.123 e. The molecule has 3 rings (SSSR count). The van der Waals surface area contributed by atoms with Crippen LogP contribution in [0.3, 0.4) is 0 Å². The van der Waals surface area contributed by atoms with Gasteiger partial charge in [0.1, 0.15) is 5.82 Å². The van der Waals surface area contributed by atoms with Crippen molar-refractivity contribution in [1.29, 1.82) is 0 Å². The third-order valence-corrected chi connectivity index (χ3v) is 4.70. The van der Waals surface area contributed by atoms with Gasteiger partial charge in [0.15, 0.2) is 0 Å². The highest BCUT2D eigenvalue weighted by Gasteiger charge is 2.21. The molecule has 1 fully saturated rings. The van der Waals surface area contributed by atoms with Crippen molar-refractivity contribution in [3.8, 4) is 0 Å². The third kappa shape index (κ3) is 7.03. The van der Waals surface area contributed by atoms with Gasteiger partial charge in [-0.15, -0.1) is 0 Å². The lowest BCUT2D eigenvalue weighted by Crippen LogP contribution is -2.39. The van der Waals surface area contributed by atoms with Gasteiger partial charge in [-0.25, -0.2) is 4.39 Å². The van der Waals surface area contributed by atoms with Crippen molar-refractivity contribution >= 4 is 0 Å². The van der Waals surface area contributed by atoms with Crippen LogP contribution >= 0.6 is 0 Å². The first-order valence-electron chi connectivity index (χ1n) is 9.57. The Kier molecular flexibility index (Phi) is 7.78. The number of rotatable bonds is 10. The minimum atomic E-state index is -0.587. The van der Waals surface area contributed by atoms with Gasteiger partial charge in [-0.2, -0.15) is 0 Å². The Bertz CT molecular complexity index is 659. The molecule has 0 radical (unpaired) electrons. The van der Waals surface area contributed by atoms with Crippen LogP contribution in [0.4, 0.5) is 4.39 Å². The molecule has 2 aromatic rings. The lowest BCUT2D eigenvalue weighted by Gasteiger charge is -2.27. The molecule has 0 unspecified atom stereocenters. The number of nitrogens with zero attached hydrogens (tertiary/aromatic N) is 1. The molecule has 5 heteroatoms. The highest BCUT2D eigenvalue weighted by molar-refractivity contribution is 5.16. The van der Waals surface area contributed by atoms with E-state index in [4.69, 9.17) is 9.47 Å². The molecule has 1 heterocycles. The number of hydrogen-bond donors (Lipinski definition) is 1. The van der Waals surface area contributed by atoms with Crippen LogP contribution in [0.2, 0.25) is 0 Å². The third-order valence-electron chi connectivity index (χ3n) is 4.70. The van der Waals surface area contributed by atoms with Gasteiger partial charge in [-0.1, -0.05) is 42.5 Å². The van der Waals surface area contributed by atoms with E-state index in [0.29, 0.717) is 19.7 Å². The van der Waals surface area contributed by atoms with E-state index < -0.39 is 6.10 Å². The topological polar surface area (TPSA) is 41.9 Å². The average molecular weight is 373 g/mol. The van der Waals surface area contributed by atoms with Crippen molar-refractivity contribution in [1.82, 2.24) is 4.90 Å². The summed E-state index contributed by atoms with van der Waals surface area (Å²) in [6.07, 6.45) is 1.73. The number of benzene rings is 2. The molecular formula is C22H28FNO3. The fraction of sp³-hybridized carbons (Fsp3) is 0.455. The Hall–Kier alpha value is -1.79. The average Bonchev–Trinajstić information content (AvgIpc) is 3.17. The molecule has 1 aliphatic heterocycles. The second kappa shape index (κ2) is 10.5. The largest absolute Gasteiger partial charge is 0.389 e. The maximum absolute atomic E-state index is 13.2. The van der Waals surface area contributed by atoms with Gasteiger partial charge in [0, 0.05) is 26.2 Å². The summed E-state index contributed by atoms with van der Waals surface area (Å²) >= 11 is 0. The number of aliphatic hydroxyl groups is 1. The molecule has 0 aliphatic carbocycles. The van der Waals surface area contributed by atoms with E-state index in [9.17, 15) is 9.50 Å². The Morgan fingerprint density at radius 1 is 1.11 bits per heavy atom. The fourth-order valence-electron chi connectivity index (χ4n) is 3.37. The van der Waals surface area contributed by atoms with E-state index in [1.165, 1.54) is 12.1 Å². The molecule has 1 N–H and O–H groups in total. The maximum atomic E-state index is 13.2. The first-order chi connectivity index (χ1) is 13.2.